The standard InChI is InChI=1S/C19H22BrFN2O4/c1-2-27-19(26)12-4-3-8-22(11-12)17(24)14-7-9-23(18(14)25)16-6-5-13(20)10-15(16)21/h5-6,10,12,14H,2-4,7-9,11H2,1H3/t12-,14+/m0/s1. The Morgan fingerprint density at radius 3 is 2.78 bits per heavy atom. The summed E-state index contributed by atoms with van der Waals surface area (Å²) < 4.78 is 19.8. The topological polar surface area (TPSA) is 66.9 Å². The van der Waals surface area contributed by atoms with E-state index in [9.17, 15) is 18.8 Å². The third kappa shape index (κ3) is 4.15. The Hall–Kier alpha value is -1.96. The molecule has 2 atom stereocenters. The molecule has 0 bridgehead atoms. The van der Waals surface area contributed by atoms with Crippen LogP contribution in [0.4, 0.5) is 10.1 Å². The van der Waals surface area contributed by atoms with Crippen molar-refractivity contribution in [3.8, 4) is 0 Å². The molecule has 0 radical (unpaired) electrons. The number of hydrogen-bond donors (Lipinski definition) is 0. The van der Waals surface area contributed by atoms with Crippen LogP contribution < -0.4 is 4.90 Å². The highest BCUT2D eigenvalue weighted by atomic mass is 79.9. The molecule has 0 spiro atoms. The van der Waals surface area contributed by atoms with Crippen LogP contribution in [0, 0.1) is 17.7 Å². The average Bonchev–Trinajstić information content (AvgIpc) is 3.03. The predicted molar refractivity (Wildman–Crippen MR) is 100 cm³/mol. The van der Waals surface area contributed by atoms with Crippen molar-refractivity contribution < 1.29 is 23.5 Å². The third-order valence-electron chi connectivity index (χ3n) is 5.06. The molecule has 0 unspecified atom stereocenters. The number of amides is 2. The largest absolute Gasteiger partial charge is 0.466 e. The van der Waals surface area contributed by atoms with Crippen LogP contribution in [0.2, 0.25) is 0 Å². The van der Waals surface area contributed by atoms with Crippen LogP contribution in [-0.4, -0.2) is 48.9 Å². The summed E-state index contributed by atoms with van der Waals surface area (Å²) in [6.07, 6.45) is 1.71. The van der Waals surface area contributed by atoms with E-state index in [2.05, 4.69) is 15.9 Å². The summed E-state index contributed by atoms with van der Waals surface area (Å²) in [5.74, 6) is -2.65. The first-order valence-electron chi connectivity index (χ1n) is 9.14. The van der Waals surface area contributed by atoms with E-state index >= 15 is 0 Å². The van der Waals surface area contributed by atoms with Gasteiger partial charge in [0.1, 0.15) is 11.7 Å². The molecule has 8 heteroatoms. The molecule has 3 rings (SSSR count). The lowest BCUT2D eigenvalue weighted by atomic mass is 9.96. The van der Waals surface area contributed by atoms with Crippen LogP contribution >= 0.6 is 15.9 Å². The Bertz CT molecular complexity index is 757. The summed E-state index contributed by atoms with van der Waals surface area (Å²) in [6.45, 7) is 3.14. The summed E-state index contributed by atoms with van der Waals surface area (Å²) in [6, 6.07) is 4.49. The Morgan fingerprint density at radius 1 is 1.30 bits per heavy atom. The first kappa shape index (κ1) is 19.8. The number of halogens is 2. The number of carbonyl (C=O) groups is 3. The summed E-state index contributed by atoms with van der Waals surface area (Å²) in [7, 11) is 0. The van der Waals surface area contributed by atoms with Crippen LogP contribution in [-0.2, 0) is 19.1 Å². The van der Waals surface area contributed by atoms with E-state index < -0.39 is 11.7 Å². The molecule has 0 saturated carbocycles. The monoisotopic (exact) mass is 440 g/mol. The Kier molecular flexibility index (Phi) is 6.14. The van der Waals surface area contributed by atoms with Gasteiger partial charge in [-0.1, -0.05) is 15.9 Å². The van der Waals surface area contributed by atoms with Gasteiger partial charge < -0.3 is 14.5 Å². The van der Waals surface area contributed by atoms with E-state index in [1.807, 2.05) is 0 Å². The molecule has 1 aromatic rings. The van der Waals surface area contributed by atoms with Gasteiger partial charge >= 0.3 is 5.97 Å². The molecule has 2 aliphatic heterocycles. The molecule has 6 nitrogen and oxygen atoms in total. The molecule has 2 amide bonds. The summed E-state index contributed by atoms with van der Waals surface area (Å²) in [5, 5.41) is 0. The second-order valence-electron chi connectivity index (χ2n) is 6.80. The number of ether oxygens (including phenoxy) is 1. The van der Waals surface area contributed by atoms with Crippen molar-refractivity contribution in [2.24, 2.45) is 11.8 Å². The highest BCUT2D eigenvalue weighted by Gasteiger charge is 2.42. The molecule has 0 N–H and O–H groups in total. The van der Waals surface area contributed by atoms with E-state index in [4.69, 9.17) is 4.74 Å². The average molecular weight is 441 g/mol. The van der Waals surface area contributed by atoms with Gasteiger partial charge in [-0.25, -0.2) is 4.39 Å². The fourth-order valence-corrected chi connectivity index (χ4v) is 4.03. The van der Waals surface area contributed by atoms with Crippen molar-refractivity contribution in [1.82, 2.24) is 4.90 Å². The second kappa shape index (κ2) is 8.37. The van der Waals surface area contributed by atoms with Gasteiger partial charge in [0, 0.05) is 24.1 Å². The molecule has 2 heterocycles. The lowest BCUT2D eigenvalue weighted by Crippen LogP contribution is -2.46. The normalized spacial score (nSPS) is 22.9. The SMILES string of the molecule is CCOC(=O)[C@H]1CCCN(C(=O)[C@H]2CCN(c3ccc(Br)cc3F)C2=O)C1. The third-order valence-corrected chi connectivity index (χ3v) is 5.55. The Balaban J connectivity index is 1.69. The zero-order valence-electron chi connectivity index (χ0n) is 15.1. The van der Waals surface area contributed by atoms with Gasteiger partial charge in [-0.2, -0.15) is 0 Å². The number of benzene rings is 1. The molecule has 146 valence electrons. The summed E-state index contributed by atoms with van der Waals surface area (Å²) >= 11 is 3.19. The highest BCUT2D eigenvalue weighted by molar-refractivity contribution is 9.10. The van der Waals surface area contributed by atoms with Crippen LogP contribution in [0.5, 0.6) is 0 Å². The molecular formula is C19H22BrFN2O4. The zero-order valence-corrected chi connectivity index (χ0v) is 16.7. The van der Waals surface area contributed by atoms with Crippen molar-refractivity contribution >= 4 is 39.4 Å². The number of anilines is 1. The van der Waals surface area contributed by atoms with Crippen LogP contribution in [0.15, 0.2) is 22.7 Å². The van der Waals surface area contributed by atoms with E-state index in [-0.39, 0.29) is 35.9 Å². The van der Waals surface area contributed by atoms with Gasteiger partial charge in [-0.05, 0) is 44.4 Å². The molecular weight excluding hydrogens is 419 g/mol. The fourth-order valence-electron chi connectivity index (χ4n) is 3.70. The fraction of sp³-hybridized carbons (Fsp3) is 0.526. The lowest BCUT2D eigenvalue weighted by Gasteiger charge is -2.32. The number of piperidine rings is 1. The van der Waals surface area contributed by atoms with Gasteiger partial charge in [0.2, 0.25) is 11.8 Å². The maximum absolute atomic E-state index is 14.2. The van der Waals surface area contributed by atoms with Crippen molar-refractivity contribution in [2.75, 3.05) is 31.1 Å². The van der Waals surface area contributed by atoms with E-state index in [0.29, 0.717) is 43.4 Å². The van der Waals surface area contributed by atoms with Crippen molar-refractivity contribution in [3.63, 3.8) is 0 Å². The number of rotatable bonds is 4. The van der Waals surface area contributed by atoms with E-state index in [1.54, 1.807) is 17.9 Å². The minimum absolute atomic E-state index is 0.182. The van der Waals surface area contributed by atoms with Crippen molar-refractivity contribution in [3.05, 3.63) is 28.5 Å². The molecule has 27 heavy (non-hydrogen) atoms. The summed E-state index contributed by atoms with van der Waals surface area (Å²) in [5.41, 5.74) is 0.182. The predicted octanol–water partition coefficient (Wildman–Crippen LogP) is 2.74. The highest BCUT2D eigenvalue weighted by Crippen LogP contribution is 2.31. The van der Waals surface area contributed by atoms with Crippen LogP contribution in [0.3, 0.4) is 0 Å². The lowest BCUT2D eigenvalue weighted by molar-refractivity contribution is -0.152. The second-order valence-corrected chi connectivity index (χ2v) is 7.72. The van der Waals surface area contributed by atoms with E-state index in [0.717, 1.165) is 0 Å². The van der Waals surface area contributed by atoms with E-state index in [1.165, 1.54) is 17.0 Å². The minimum atomic E-state index is -0.825. The van der Waals surface area contributed by atoms with Crippen molar-refractivity contribution in [1.29, 1.82) is 0 Å². The summed E-state index contributed by atoms with van der Waals surface area (Å²) in [4.78, 5) is 40.5. The Morgan fingerprint density at radius 2 is 2.07 bits per heavy atom. The minimum Gasteiger partial charge on any atom is -0.466 e. The maximum atomic E-state index is 14.2. The van der Waals surface area contributed by atoms with Gasteiger partial charge in [-0.15, -0.1) is 0 Å². The first-order chi connectivity index (χ1) is 12.9. The number of carbonyl (C=O) groups excluding carboxylic acids is 3. The van der Waals surface area contributed by atoms with Crippen LogP contribution in [0.1, 0.15) is 26.2 Å². The zero-order chi connectivity index (χ0) is 19.6. The van der Waals surface area contributed by atoms with Crippen LogP contribution in [0.25, 0.3) is 0 Å². The number of nitrogens with zero attached hydrogens (tertiary/aromatic N) is 2. The maximum Gasteiger partial charge on any atom is 0.310 e. The molecule has 2 fully saturated rings. The Labute approximate surface area is 165 Å². The molecule has 0 aliphatic carbocycles. The first-order valence-corrected chi connectivity index (χ1v) is 9.93. The van der Waals surface area contributed by atoms with Gasteiger partial charge in [0.25, 0.3) is 0 Å². The number of hydrogen-bond acceptors (Lipinski definition) is 4. The van der Waals surface area contributed by atoms with Gasteiger partial charge in [0.15, 0.2) is 0 Å². The molecule has 2 saturated heterocycles. The van der Waals surface area contributed by atoms with Crippen molar-refractivity contribution in [2.45, 2.75) is 26.2 Å². The molecule has 0 aromatic heterocycles. The van der Waals surface area contributed by atoms with Gasteiger partial charge in [-0.3, -0.25) is 14.4 Å². The quantitative estimate of drug-likeness (QED) is 0.533. The number of likely N-dealkylation sites (tertiary alicyclic amines) is 1. The number of esters is 1. The van der Waals surface area contributed by atoms with Gasteiger partial charge in [0.05, 0.1) is 18.2 Å². The molecule has 2 aliphatic rings. The molecule has 1 aromatic carbocycles. The smallest absolute Gasteiger partial charge is 0.310 e.